The highest BCUT2D eigenvalue weighted by molar-refractivity contribution is 5.41. The standard InChI is InChI=1S/C14H21NO3/c1-15(12-5-7-18-8-6-12)10-11-3-4-14(17-2)13(16)9-11/h3-4,9,12,16H,5-8,10H2,1-2H3. The van der Waals surface area contributed by atoms with E-state index < -0.39 is 0 Å². The Bertz CT molecular complexity index is 389. The van der Waals surface area contributed by atoms with Crippen LogP contribution < -0.4 is 4.74 Å². The molecule has 1 aliphatic rings. The maximum atomic E-state index is 9.75. The molecule has 0 aromatic heterocycles. The van der Waals surface area contributed by atoms with Crippen LogP contribution in [0.15, 0.2) is 18.2 Å². The molecule has 2 rings (SSSR count). The number of aromatic hydroxyl groups is 1. The van der Waals surface area contributed by atoms with Crippen molar-refractivity contribution in [3.8, 4) is 11.5 Å². The highest BCUT2D eigenvalue weighted by Gasteiger charge is 2.18. The summed E-state index contributed by atoms with van der Waals surface area (Å²) in [4.78, 5) is 2.32. The lowest BCUT2D eigenvalue weighted by molar-refractivity contribution is 0.0406. The van der Waals surface area contributed by atoms with E-state index >= 15 is 0 Å². The maximum absolute atomic E-state index is 9.75. The molecule has 100 valence electrons. The van der Waals surface area contributed by atoms with Crippen LogP contribution in [0.25, 0.3) is 0 Å². The topological polar surface area (TPSA) is 41.9 Å². The van der Waals surface area contributed by atoms with Crippen LogP contribution in [0, 0.1) is 0 Å². The monoisotopic (exact) mass is 251 g/mol. The van der Waals surface area contributed by atoms with Crippen LogP contribution in [-0.2, 0) is 11.3 Å². The molecule has 0 saturated carbocycles. The second-order valence-corrected chi connectivity index (χ2v) is 4.76. The molecule has 0 spiro atoms. The quantitative estimate of drug-likeness (QED) is 0.889. The first-order valence-corrected chi connectivity index (χ1v) is 6.34. The highest BCUT2D eigenvalue weighted by Crippen LogP contribution is 2.27. The summed E-state index contributed by atoms with van der Waals surface area (Å²) in [7, 11) is 3.68. The first-order valence-electron chi connectivity index (χ1n) is 6.34. The number of hydrogen-bond donors (Lipinski definition) is 1. The molecule has 0 aliphatic carbocycles. The van der Waals surface area contributed by atoms with Crippen LogP contribution in [0.4, 0.5) is 0 Å². The molecule has 1 aromatic rings. The number of methoxy groups -OCH3 is 1. The summed E-state index contributed by atoms with van der Waals surface area (Å²) in [5.74, 6) is 0.725. The number of rotatable bonds is 4. The van der Waals surface area contributed by atoms with Gasteiger partial charge in [0, 0.05) is 25.8 Å². The van der Waals surface area contributed by atoms with Crippen molar-refractivity contribution >= 4 is 0 Å². The van der Waals surface area contributed by atoms with E-state index in [1.165, 1.54) is 0 Å². The van der Waals surface area contributed by atoms with Crippen LogP contribution in [0.1, 0.15) is 18.4 Å². The fourth-order valence-electron chi connectivity index (χ4n) is 2.38. The van der Waals surface area contributed by atoms with E-state index in [2.05, 4.69) is 11.9 Å². The van der Waals surface area contributed by atoms with Crippen LogP contribution in [-0.4, -0.2) is 43.4 Å². The summed E-state index contributed by atoms with van der Waals surface area (Å²) >= 11 is 0. The third-order valence-corrected chi connectivity index (χ3v) is 3.49. The van der Waals surface area contributed by atoms with E-state index in [0.29, 0.717) is 11.8 Å². The normalized spacial score (nSPS) is 17.1. The molecule has 0 atom stereocenters. The lowest BCUT2D eigenvalue weighted by Crippen LogP contribution is -2.36. The molecule has 1 fully saturated rings. The van der Waals surface area contributed by atoms with Crippen molar-refractivity contribution < 1.29 is 14.6 Å². The van der Waals surface area contributed by atoms with Gasteiger partial charge in [-0.3, -0.25) is 4.90 Å². The molecule has 1 N–H and O–H groups in total. The number of hydrogen-bond acceptors (Lipinski definition) is 4. The van der Waals surface area contributed by atoms with Gasteiger partial charge in [0.05, 0.1) is 7.11 Å². The average molecular weight is 251 g/mol. The van der Waals surface area contributed by atoms with Crippen molar-refractivity contribution in [2.24, 2.45) is 0 Å². The minimum absolute atomic E-state index is 0.204. The molecule has 1 heterocycles. The predicted octanol–water partition coefficient (Wildman–Crippen LogP) is 2.01. The van der Waals surface area contributed by atoms with Gasteiger partial charge in [0.1, 0.15) is 0 Å². The third-order valence-electron chi connectivity index (χ3n) is 3.49. The zero-order valence-corrected chi connectivity index (χ0v) is 11.1. The van der Waals surface area contributed by atoms with Crippen LogP contribution >= 0.6 is 0 Å². The summed E-state index contributed by atoms with van der Waals surface area (Å²) in [6, 6.07) is 6.15. The Hall–Kier alpha value is -1.26. The number of ether oxygens (including phenoxy) is 2. The van der Waals surface area contributed by atoms with E-state index in [1.807, 2.05) is 12.1 Å². The van der Waals surface area contributed by atoms with Crippen LogP contribution in [0.2, 0.25) is 0 Å². The second kappa shape index (κ2) is 6.07. The number of benzene rings is 1. The molecule has 1 aromatic carbocycles. The molecule has 0 bridgehead atoms. The smallest absolute Gasteiger partial charge is 0.160 e. The van der Waals surface area contributed by atoms with Gasteiger partial charge in [0.15, 0.2) is 11.5 Å². The Balaban J connectivity index is 1.97. The van der Waals surface area contributed by atoms with Crippen molar-refractivity contribution in [3.63, 3.8) is 0 Å². The van der Waals surface area contributed by atoms with E-state index in [-0.39, 0.29) is 5.75 Å². The lowest BCUT2D eigenvalue weighted by atomic mass is 10.1. The maximum Gasteiger partial charge on any atom is 0.160 e. The molecule has 0 amide bonds. The van der Waals surface area contributed by atoms with Gasteiger partial charge in [-0.25, -0.2) is 0 Å². The number of nitrogens with zero attached hydrogens (tertiary/aromatic N) is 1. The van der Waals surface area contributed by atoms with Gasteiger partial charge >= 0.3 is 0 Å². The third kappa shape index (κ3) is 3.15. The molecule has 4 heteroatoms. The molecular formula is C14H21NO3. The summed E-state index contributed by atoms with van der Waals surface area (Å²) in [6.07, 6.45) is 2.16. The van der Waals surface area contributed by atoms with Gasteiger partial charge in [-0.2, -0.15) is 0 Å². The Morgan fingerprint density at radius 1 is 1.39 bits per heavy atom. The number of phenols is 1. The van der Waals surface area contributed by atoms with Crippen molar-refractivity contribution in [1.29, 1.82) is 0 Å². The predicted molar refractivity (Wildman–Crippen MR) is 70.0 cm³/mol. The van der Waals surface area contributed by atoms with Gasteiger partial charge in [-0.15, -0.1) is 0 Å². The fraction of sp³-hybridized carbons (Fsp3) is 0.571. The Kier molecular flexibility index (Phi) is 4.44. The minimum atomic E-state index is 0.204. The summed E-state index contributed by atoms with van der Waals surface area (Å²) in [5, 5.41) is 9.75. The van der Waals surface area contributed by atoms with Gasteiger partial charge in [-0.1, -0.05) is 6.07 Å². The van der Waals surface area contributed by atoms with Gasteiger partial charge in [-0.05, 0) is 37.6 Å². The van der Waals surface area contributed by atoms with E-state index in [1.54, 1.807) is 13.2 Å². The van der Waals surface area contributed by atoms with Crippen molar-refractivity contribution in [1.82, 2.24) is 4.90 Å². The molecule has 0 unspecified atom stereocenters. The SMILES string of the molecule is COc1ccc(CN(C)C2CCOCC2)cc1O. The summed E-state index contributed by atoms with van der Waals surface area (Å²) < 4.78 is 10.4. The second-order valence-electron chi connectivity index (χ2n) is 4.76. The van der Waals surface area contributed by atoms with Crippen LogP contribution in [0.5, 0.6) is 11.5 Å². The molecule has 1 aliphatic heterocycles. The molecular weight excluding hydrogens is 230 g/mol. The van der Waals surface area contributed by atoms with Crippen molar-refractivity contribution in [3.05, 3.63) is 23.8 Å². The summed E-state index contributed by atoms with van der Waals surface area (Å²) in [6.45, 7) is 2.54. The first-order chi connectivity index (χ1) is 8.70. The largest absolute Gasteiger partial charge is 0.504 e. The van der Waals surface area contributed by atoms with E-state index in [4.69, 9.17) is 9.47 Å². The van der Waals surface area contributed by atoms with Gasteiger partial charge in [0.25, 0.3) is 0 Å². The highest BCUT2D eigenvalue weighted by atomic mass is 16.5. The molecule has 0 radical (unpaired) electrons. The fourth-order valence-corrected chi connectivity index (χ4v) is 2.38. The molecule has 18 heavy (non-hydrogen) atoms. The number of phenolic OH excluding ortho intramolecular Hbond substituents is 1. The lowest BCUT2D eigenvalue weighted by Gasteiger charge is -2.31. The average Bonchev–Trinajstić information content (AvgIpc) is 2.40. The first kappa shape index (κ1) is 13.2. The zero-order chi connectivity index (χ0) is 13.0. The Morgan fingerprint density at radius 3 is 2.72 bits per heavy atom. The van der Waals surface area contributed by atoms with Gasteiger partial charge < -0.3 is 14.6 Å². The Labute approximate surface area is 108 Å². The molecule has 1 saturated heterocycles. The zero-order valence-electron chi connectivity index (χ0n) is 11.1. The minimum Gasteiger partial charge on any atom is -0.504 e. The van der Waals surface area contributed by atoms with Crippen molar-refractivity contribution in [2.75, 3.05) is 27.4 Å². The molecule has 4 nitrogen and oxygen atoms in total. The van der Waals surface area contributed by atoms with Crippen molar-refractivity contribution in [2.45, 2.75) is 25.4 Å². The van der Waals surface area contributed by atoms with E-state index in [0.717, 1.165) is 38.2 Å². The summed E-state index contributed by atoms with van der Waals surface area (Å²) in [5.41, 5.74) is 1.10. The van der Waals surface area contributed by atoms with Crippen LogP contribution in [0.3, 0.4) is 0 Å². The van der Waals surface area contributed by atoms with E-state index in [9.17, 15) is 5.11 Å². The Morgan fingerprint density at radius 2 is 2.11 bits per heavy atom. The van der Waals surface area contributed by atoms with Gasteiger partial charge in [0.2, 0.25) is 0 Å².